The molecule has 1 atom stereocenters. The molecule has 0 radical (unpaired) electrons. The second-order valence-electron chi connectivity index (χ2n) is 5.33. The molecule has 1 rings (SSSR count). The fraction of sp³-hybridized carbons (Fsp3) is 0.733. The van der Waals surface area contributed by atoms with Crippen LogP contribution in [0.1, 0.15) is 58.4 Å². The lowest BCUT2D eigenvalue weighted by Gasteiger charge is -2.22. The van der Waals surface area contributed by atoms with E-state index in [0.29, 0.717) is 5.92 Å². The van der Waals surface area contributed by atoms with E-state index in [1.54, 1.807) is 6.33 Å². The highest BCUT2D eigenvalue weighted by Crippen LogP contribution is 2.29. The van der Waals surface area contributed by atoms with Crippen LogP contribution in [-0.2, 0) is 0 Å². The first-order chi connectivity index (χ1) is 9.63. The molecule has 0 bridgehead atoms. The monoisotopic (exact) mass is 280 g/mol. The summed E-state index contributed by atoms with van der Waals surface area (Å²) in [5.74, 6) is 2.14. The van der Waals surface area contributed by atoms with Crippen LogP contribution in [0.25, 0.3) is 0 Å². The van der Waals surface area contributed by atoms with Crippen molar-refractivity contribution in [1.29, 1.82) is 0 Å². The van der Waals surface area contributed by atoms with E-state index in [0.717, 1.165) is 43.0 Å². The van der Waals surface area contributed by atoms with Gasteiger partial charge in [0, 0.05) is 24.8 Å². The van der Waals surface area contributed by atoms with E-state index in [4.69, 9.17) is 5.11 Å². The van der Waals surface area contributed by atoms with Gasteiger partial charge in [0.15, 0.2) is 0 Å². The minimum Gasteiger partial charge on any atom is -0.396 e. The van der Waals surface area contributed by atoms with Gasteiger partial charge in [-0.05, 0) is 25.2 Å². The first kappa shape index (κ1) is 16.7. The summed E-state index contributed by atoms with van der Waals surface area (Å²) in [6, 6.07) is 0.242. The van der Waals surface area contributed by atoms with E-state index >= 15 is 0 Å². The molecule has 3 N–H and O–H groups in total. The van der Waals surface area contributed by atoms with Crippen molar-refractivity contribution in [3.8, 4) is 0 Å². The molecule has 0 saturated carbocycles. The summed E-state index contributed by atoms with van der Waals surface area (Å²) in [7, 11) is 0. The Morgan fingerprint density at radius 1 is 1.20 bits per heavy atom. The Morgan fingerprint density at radius 3 is 2.45 bits per heavy atom. The second-order valence-corrected chi connectivity index (χ2v) is 5.33. The van der Waals surface area contributed by atoms with Crippen molar-refractivity contribution in [3.05, 3.63) is 11.9 Å². The predicted molar refractivity (Wildman–Crippen MR) is 84.3 cm³/mol. The zero-order valence-electron chi connectivity index (χ0n) is 13.1. The number of anilines is 2. The number of nitrogens with zero attached hydrogens (tertiary/aromatic N) is 2. The molecule has 114 valence electrons. The quantitative estimate of drug-likeness (QED) is 0.648. The maximum atomic E-state index is 9.11. The van der Waals surface area contributed by atoms with Crippen LogP contribution >= 0.6 is 0 Å². The summed E-state index contributed by atoms with van der Waals surface area (Å²) in [5, 5.41) is 15.9. The smallest absolute Gasteiger partial charge is 0.135 e. The number of hydrogen-bond donors (Lipinski definition) is 3. The standard InChI is InChI=1S/C15H28N4O/c1-5-8-16-14-13(11(3)4)15(18-10-17-14)19-12(6-2)7-9-20/h10-12,20H,5-9H2,1-4H3,(H2,16,17,18,19). The predicted octanol–water partition coefficient (Wildman–Crippen LogP) is 2.99. The molecule has 0 amide bonds. The van der Waals surface area contributed by atoms with Crippen molar-refractivity contribution in [3.63, 3.8) is 0 Å². The van der Waals surface area contributed by atoms with Gasteiger partial charge < -0.3 is 15.7 Å². The number of hydrogen-bond acceptors (Lipinski definition) is 5. The van der Waals surface area contributed by atoms with Crippen LogP contribution in [0, 0.1) is 0 Å². The van der Waals surface area contributed by atoms with E-state index in [2.05, 4.69) is 48.3 Å². The normalized spacial score (nSPS) is 12.5. The van der Waals surface area contributed by atoms with Crippen molar-refractivity contribution in [1.82, 2.24) is 9.97 Å². The molecule has 0 aliphatic carbocycles. The number of rotatable bonds is 9. The van der Waals surface area contributed by atoms with Crippen LogP contribution in [0.5, 0.6) is 0 Å². The number of aliphatic hydroxyl groups is 1. The Bertz CT molecular complexity index is 395. The Kier molecular flexibility index (Phi) is 7.30. The summed E-state index contributed by atoms with van der Waals surface area (Å²) in [4.78, 5) is 8.76. The Labute approximate surface area is 122 Å². The van der Waals surface area contributed by atoms with Gasteiger partial charge in [-0.15, -0.1) is 0 Å². The lowest BCUT2D eigenvalue weighted by molar-refractivity contribution is 0.278. The SMILES string of the molecule is CCCNc1ncnc(NC(CC)CCO)c1C(C)C. The Morgan fingerprint density at radius 2 is 1.90 bits per heavy atom. The van der Waals surface area contributed by atoms with Gasteiger partial charge in [0.1, 0.15) is 18.0 Å². The zero-order chi connectivity index (χ0) is 15.0. The lowest BCUT2D eigenvalue weighted by atomic mass is 10.0. The Balaban J connectivity index is 2.98. The van der Waals surface area contributed by atoms with Crippen LogP contribution in [-0.4, -0.2) is 34.3 Å². The van der Waals surface area contributed by atoms with Crippen LogP contribution in [0.3, 0.4) is 0 Å². The molecule has 0 aromatic carbocycles. The molecule has 5 heteroatoms. The molecule has 1 aromatic heterocycles. The van der Waals surface area contributed by atoms with Gasteiger partial charge in [-0.2, -0.15) is 0 Å². The fourth-order valence-electron chi connectivity index (χ4n) is 2.17. The van der Waals surface area contributed by atoms with Crippen molar-refractivity contribution >= 4 is 11.6 Å². The first-order valence-corrected chi connectivity index (χ1v) is 7.60. The average molecular weight is 280 g/mol. The first-order valence-electron chi connectivity index (χ1n) is 7.60. The van der Waals surface area contributed by atoms with Crippen molar-refractivity contribution in [2.45, 2.75) is 58.9 Å². The maximum Gasteiger partial charge on any atom is 0.135 e. The van der Waals surface area contributed by atoms with Gasteiger partial charge in [0.25, 0.3) is 0 Å². The average Bonchev–Trinajstić information content (AvgIpc) is 2.44. The van der Waals surface area contributed by atoms with Gasteiger partial charge in [0.05, 0.1) is 0 Å². The number of aromatic nitrogens is 2. The molecular weight excluding hydrogens is 252 g/mol. The summed E-state index contributed by atoms with van der Waals surface area (Å²) in [5.41, 5.74) is 1.12. The summed E-state index contributed by atoms with van der Waals surface area (Å²) < 4.78 is 0. The third-order valence-corrected chi connectivity index (χ3v) is 3.31. The van der Waals surface area contributed by atoms with Crippen LogP contribution in [0.15, 0.2) is 6.33 Å². The van der Waals surface area contributed by atoms with Gasteiger partial charge in [-0.1, -0.05) is 27.7 Å². The largest absolute Gasteiger partial charge is 0.396 e. The van der Waals surface area contributed by atoms with Crippen molar-refractivity contribution in [2.24, 2.45) is 0 Å². The summed E-state index contributed by atoms with van der Waals surface area (Å²) >= 11 is 0. The molecule has 0 aliphatic rings. The summed E-state index contributed by atoms with van der Waals surface area (Å²) in [6.07, 6.45) is 4.35. The highest BCUT2D eigenvalue weighted by Gasteiger charge is 2.16. The molecule has 20 heavy (non-hydrogen) atoms. The van der Waals surface area contributed by atoms with Gasteiger partial charge >= 0.3 is 0 Å². The maximum absolute atomic E-state index is 9.11. The minimum absolute atomic E-state index is 0.189. The zero-order valence-corrected chi connectivity index (χ0v) is 13.1. The van der Waals surface area contributed by atoms with Gasteiger partial charge in [0.2, 0.25) is 0 Å². The molecule has 0 saturated heterocycles. The van der Waals surface area contributed by atoms with Crippen LogP contribution < -0.4 is 10.6 Å². The molecular formula is C15H28N4O. The van der Waals surface area contributed by atoms with E-state index in [1.165, 1.54) is 0 Å². The lowest BCUT2D eigenvalue weighted by Crippen LogP contribution is -2.22. The third kappa shape index (κ3) is 4.63. The van der Waals surface area contributed by atoms with Crippen LogP contribution in [0.4, 0.5) is 11.6 Å². The van der Waals surface area contributed by atoms with Gasteiger partial charge in [-0.3, -0.25) is 0 Å². The highest BCUT2D eigenvalue weighted by atomic mass is 16.3. The van der Waals surface area contributed by atoms with Crippen molar-refractivity contribution < 1.29 is 5.11 Å². The molecule has 5 nitrogen and oxygen atoms in total. The summed E-state index contributed by atoms with van der Waals surface area (Å²) in [6.45, 7) is 9.64. The van der Waals surface area contributed by atoms with E-state index in [9.17, 15) is 0 Å². The number of nitrogens with one attached hydrogen (secondary N) is 2. The number of aliphatic hydroxyl groups excluding tert-OH is 1. The Hall–Kier alpha value is -1.36. The van der Waals surface area contributed by atoms with E-state index in [-0.39, 0.29) is 12.6 Å². The molecule has 1 heterocycles. The molecule has 1 unspecified atom stereocenters. The minimum atomic E-state index is 0.189. The van der Waals surface area contributed by atoms with Crippen LogP contribution in [0.2, 0.25) is 0 Å². The van der Waals surface area contributed by atoms with Gasteiger partial charge in [-0.25, -0.2) is 9.97 Å². The second kappa shape index (κ2) is 8.74. The topological polar surface area (TPSA) is 70.1 Å². The molecule has 0 aliphatic heterocycles. The molecule has 1 aromatic rings. The van der Waals surface area contributed by atoms with E-state index in [1.807, 2.05) is 0 Å². The third-order valence-electron chi connectivity index (χ3n) is 3.31. The molecule has 0 fully saturated rings. The highest BCUT2D eigenvalue weighted by molar-refractivity contribution is 5.59. The van der Waals surface area contributed by atoms with Crippen molar-refractivity contribution in [2.75, 3.05) is 23.8 Å². The molecule has 0 spiro atoms. The fourth-order valence-corrected chi connectivity index (χ4v) is 2.17. The van der Waals surface area contributed by atoms with E-state index < -0.39 is 0 Å².